The van der Waals surface area contributed by atoms with Gasteiger partial charge in [0.05, 0.1) is 0 Å². The maximum absolute atomic E-state index is 12.6. The lowest BCUT2D eigenvalue weighted by molar-refractivity contribution is -0.150. The van der Waals surface area contributed by atoms with E-state index in [9.17, 15) is 9.59 Å². The molecule has 0 radical (unpaired) electrons. The molecule has 5 nitrogen and oxygen atoms in total. The summed E-state index contributed by atoms with van der Waals surface area (Å²) in [7, 11) is 2.13. The third-order valence-corrected chi connectivity index (χ3v) is 4.96. The molecule has 0 spiro atoms. The molecule has 5 heteroatoms. The van der Waals surface area contributed by atoms with Crippen molar-refractivity contribution in [2.24, 2.45) is 11.8 Å². The first kappa shape index (κ1) is 13.9. The van der Waals surface area contributed by atoms with Crippen LogP contribution >= 0.6 is 0 Å². The molecular formula is C15H25N3O2. The number of amides is 2. The fourth-order valence-corrected chi connectivity index (χ4v) is 3.54. The zero-order valence-corrected chi connectivity index (χ0v) is 12.5. The minimum atomic E-state index is -0.315. The number of likely N-dealkylation sites (tertiary alicyclic amines) is 1. The molecule has 2 heterocycles. The Hall–Kier alpha value is -1.10. The topological polar surface area (TPSA) is 52.7 Å². The minimum absolute atomic E-state index is 0.0191. The Bertz CT molecular complexity index is 408. The fourth-order valence-electron chi connectivity index (χ4n) is 3.54. The summed E-state index contributed by atoms with van der Waals surface area (Å²) >= 11 is 0. The van der Waals surface area contributed by atoms with Crippen molar-refractivity contribution in [2.75, 3.05) is 26.7 Å². The summed E-state index contributed by atoms with van der Waals surface area (Å²) in [6.45, 7) is 4.77. The molecule has 0 bridgehead atoms. The SMILES string of the molecule is CC1C(=O)NC(C2CC2)C(=O)N1CC1CCCN(C)C1. The summed E-state index contributed by atoms with van der Waals surface area (Å²) in [5, 5.41) is 2.91. The van der Waals surface area contributed by atoms with Gasteiger partial charge in [0.25, 0.3) is 0 Å². The van der Waals surface area contributed by atoms with Gasteiger partial charge in [0, 0.05) is 13.1 Å². The van der Waals surface area contributed by atoms with Crippen LogP contribution in [0.15, 0.2) is 0 Å². The molecule has 0 aromatic carbocycles. The number of carbonyl (C=O) groups excluding carboxylic acids is 2. The Morgan fingerprint density at radius 1 is 1.25 bits per heavy atom. The van der Waals surface area contributed by atoms with E-state index in [2.05, 4.69) is 17.3 Å². The summed E-state index contributed by atoms with van der Waals surface area (Å²) in [6.07, 6.45) is 4.50. The van der Waals surface area contributed by atoms with Crippen molar-refractivity contribution in [1.29, 1.82) is 0 Å². The van der Waals surface area contributed by atoms with E-state index in [1.807, 2.05) is 11.8 Å². The fraction of sp³-hybridized carbons (Fsp3) is 0.867. The quantitative estimate of drug-likeness (QED) is 0.816. The first-order valence-corrected chi connectivity index (χ1v) is 7.85. The summed E-state index contributed by atoms with van der Waals surface area (Å²) in [4.78, 5) is 28.9. The van der Waals surface area contributed by atoms with E-state index in [1.165, 1.54) is 6.42 Å². The third-order valence-electron chi connectivity index (χ3n) is 4.96. The third kappa shape index (κ3) is 2.68. The van der Waals surface area contributed by atoms with E-state index >= 15 is 0 Å². The number of nitrogens with zero attached hydrogens (tertiary/aromatic N) is 2. The van der Waals surface area contributed by atoms with Crippen molar-refractivity contribution in [3.63, 3.8) is 0 Å². The van der Waals surface area contributed by atoms with Crippen LogP contribution in [0, 0.1) is 11.8 Å². The van der Waals surface area contributed by atoms with Gasteiger partial charge in [-0.2, -0.15) is 0 Å². The van der Waals surface area contributed by atoms with Crippen LogP contribution in [0.3, 0.4) is 0 Å². The predicted molar refractivity (Wildman–Crippen MR) is 76.1 cm³/mol. The Balaban J connectivity index is 1.68. The Labute approximate surface area is 120 Å². The Kier molecular flexibility index (Phi) is 3.71. The smallest absolute Gasteiger partial charge is 0.246 e. The molecule has 2 saturated heterocycles. The lowest BCUT2D eigenvalue weighted by atomic mass is 9.95. The maximum Gasteiger partial charge on any atom is 0.246 e. The molecular weight excluding hydrogens is 254 g/mol. The van der Waals surface area contributed by atoms with Gasteiger partial charge in [0.1, 0.15) is 12.1 Å². The van der Waals surface area contributed by atoms with Crippen LogP contribution in [0.5, 0.6) is 0 Å². The molecule has 20 heavy (non-hydrogen) atoms. The highest BCUT2D eigenvalue weighted by atomic mass is 16.2. The van der Waals surface area contributed by atoms with Gasteiger partial charge < -0.3 is 15.1 Å². The van der Waals surface area contributed by atoms with E-state index in [-0.39, 0.29) is 23.9 Å². The van der Waals surface area contributed by atoms with Gasteiger partial charge >= 0.3 is 0 Å². The van der Waals surface area contributed by atoms with Crippen LogP contribution in [-0.4, -0.2) is 60.4 Å². The Morgan fingerprint density at radius 2 is 2.00 bits per heavy atom. The number of hydrogen-bond acceptors (Lipinski definition) is 3. The molecule has 3 fully saturated rings. The molecule has 1 N–H and O–H groups in total. The van der Waals surface area contributed by atoms with Gasteiger partial charge in [0.2, 0.25) is 11.8 Å². The largest absolute Gasteiger partial charge is 0.342 e. The second kappa shape index (κ2) is 5.35. The van der Waals surface area contributed by atoms with Gasteiger partial charge in [-0.05, 0) is 58.0 Å². The van der Waals surface area contributed by atoms with Gasteiger partial charge in [-0.15, -0.1) is 0 Å². The van der Waals surface area contributed by atoms with E-state index in [4.69, 9.17) is 0 Å². The van der Waals surface area contributed by atoms with E-state index in [1.54, 1.807) is 0 Å². The minimum Gasteiger partial charge on any atom is -0.342 e. The van der Waals surface area contributed by atoms with E-state index < -0.39 is 0 Å². The highest BCUT2D eigenvalue weighted by molar-refractivity contribution is 5.97. The molecule has 0 aromatic heterocycles. The second-order valence-electron chi connectivity index (χ2n) is 6.76. The van der Waals surface area contributed by atoms with Crippen molar-refractivity contribution in [2.45, 2.75) is 44.7 Å². The maximum atomic E-state index is 12.6. The number of hydrogen-bond donors (Lipinski definition) is 1. The number of piperidine rings is 1. The van der Waals surface area contributed by atoms with E-state index in [0.29, 0.717) is 11.8 Å². The van der Waals surface area contributed by atoms with Crippen molar-refractivity contribution < 1.29 is 9.59 Å². The number of nitrogens with one attached hydrogen (secondary N) is 1. The molecule has 0 aromatic rings. The molecule has 112 valence electrons. The zero-order valence-electron chi connectivity index (χ0n) is 12.5. The summed E-state index contributed by atoms with van der Waals surface area (Å²) in [5.74, 6) is 1.06. The molecule has 1 saturated carbocycles. The molecule has 2 amide bonds. The number of rotatable bonds is 3. The van der Waals surface area contributed by atoms with Gasteiger partial charge in [0.15, 0.2) is 0 Å². The van der Waals surface area contributed by atoms with E-state index in [0.717, 1.165) is 38.9 Å². The van der Waals surface area contributed by atoms with Crippen molar-refractivity contribution in [3.05, 3.63) is 0 Å². The van der Waals surface area contributed by atoms with Gasteiger partial charge in [-0.1, -0.05) is 0 Å². The van der Waals surface area contributed by atoms with Crippen LogP contribution in [-0.2, 0) is 9.59 Å². The van der Waals surface area contributed by atoms with Gasteiger partial charge in [-0.3, -0.25) is 9.59 Å². The molecule has 3 atom stereocenters. The monoisotopic (exact) mass is 279 g/mol. The summed E-state index contributed by atoms with van der Waals surface area (Å²) in [5.41, 5.74) is 0. The van der Waals surface area contributed by atoms with Crippen LogP contribution in [0.25, 0.3) is 0 Å². The molecule has 3 unspecified atom stereocenters. The van der Waals surface area contributed by atoms with Crippen LogP contribution in [0.4, 0.5) is 0 Å². The molecule has 3 rings (SSSR count). The van der Waals surface area contributed by atoms with Crippen molar-refractivity contribution >= 4 is 11.8 Å². The number of carbonyl (C=O) groups is 2. The normalized spacial score (nSPS) is 36.1. The summed E-state index contributed by atoms with van der Waals surface area (Å²) < 4.78 is 0. The number of piperazine rings is 1. The van der Waals surface area contributed by atoms with Crippen LogP contribution in [0.1, 0.15) is 32.6 Å². The average Bonchev–Trinajstić information content (AvgIpc) is 3.23. The average molecular weight is 279 g/mol. The zero-order chi connectivity index (χ0) is 14.3. The second-order valence-corrected chi connectivity index (χ2v) is 6.76. The lowest BCUT2D eigenvalue weighted by Crippen LogP contribution is -2.64. The van der Waals surface area contributed by atoms with Crippen LogP contribution in [0.2, 0.25) is 0 Å². The first-order valence-electron chi connectivity index (χ1n) is 7.85. The predicted octanol–water partition coefficient (Wildman–Crippen LogP) is 0.454. The van der Waals surface area contributed by atoms with Crippen LogP contribution < -0.4 is 5.32 Å². The van der Waals surface area contributed by atoms with Crippen molar-refractivity contribution in [3.8, 4) is 0 Å². The van der Waals surface area contributed by atoms with Gasteiger partial charge in [-0.25, -0.2) is 0 Å². The molecule has 2 aliphatic heterocycles. The summed E-state index contributed by atoms with van der Waals surface area (Å²) in [6, 6.07) is -0.565. The highest BCUT2D eigenvalue weighted by Crippen LogP contribution is 2.35. The molecule has 3 aliphatic rings. The standard InChI is InChI=1S/C15H25N3O2/c1-10-14(19)16-13(12-5-6-12)15(20)18(10)9-11-4-3-7-17(2)8-11/h10-13H,3-9H2,1-2H3,(H,16,19). The highest BCUT2D eigenvalue weighted by Gasteiger charge is 2.45. The van der Waals surface area contributed by atoms with Crippen molar-refractivity contribution in [1.82, 2.24) is 15.1 Å². The first-order chi connectivity index (χ1) is 9.56. The molecule has 1 aliphatic carbocycles. The Morgan fingerprint density at radius 3 is 2.65 bits per heavy atom. The lowest BCUT2D eigenvalue weighted by Gasteiger charge is -2.41.